The van der Waals surface area contributed by atoms with Crippen molar-refractivity contribution in [2.24, 2.45) is 0 Å². The van der Waals surface area contributed by atoms with E-state index in [1.165, 1.54) is 5.69 Å². The van der Waals surface area contributed by atoms with Gasteiger partial charge in [-0.05, 0) is 25.1 Å². The number of hydrogen-bond acceptors (Lipinski definition) is 2. The zero-order valence-corrected chi connectivity index (χ0v) is 9.92. The van der Waals surface area contributed by atoms with Crippen LogP contribution < -0.4 is 10.2 Å². The molecule has 1 saturated heterocycles. The van der Waals surface area contributed by atoms with Crippen LogP contribution >= 0.6 is 15.9 Å². The Kier molecular flexibility index (Phi) is 3.08. The average molecular weight is 255 g/mol. The Balaban J connectivity index is 2.14. The highest BCUT2D eigenvalue weighted by Gasteiger charge is 2.15. The van der Waals surface area contributed by atoms with Crippen LogP contribution in [0, 0.1) is 0 Å². The van der Waals surface area contributed by atoms with Gasteiger partial charge in [-0.3, -0.25) is 0 Å². The molecule has 0 amide bonds. The van der Waals surface area contributed by atoms with E-state index in [4.69, 9.17) is 0 Å². The molecular formula is C11H15BrN2. The lowest BCUT2D eigenvalue weighted by Gasteiger charge is -2.33. The molecule has 1 aromatic carbocycles. The van der Waals surface area contributed by atoms with E-state index in [2.05, 4.69) is 57.3 Å². The molecule has 1 aliphatic heterocycles. The van der Waals surface area contributed by atoms with Crippen LogP contribution in [0.3, 0.4) is 0 Å². The maximum Gasteiger partial charge on any atom is 0.0378 e. The van der Waals surface area contributed by atoms with Crippen LogP contribution in [0.1, 0.15) is 6.92 Å². The smallest absolute Gasteiger partial charge is 0.0378 e. The van der Waals surface area contributed by atoms with Crippen molar-refractivity contribution >= 4 is 21.6 Å². The SMILES string of the molecule is CC1CN(c2cccc(Br)c2)CCN1. The summed E-state index contributed by atoms with van der Waals surface area (Å²) < 4.78 is 1.15. The molecule has 14 heavy (non-hydrogen) atoms. The Morgan fingerprint density at radius 2 is 2.36 bits per heavy atom. The molecule has 2 rings (SSSR count). The van der Waals surface area contributed by atoms with Gasteiger partial charge >= 0.3 is 0 Å². The average Bonchev–Trinajstić information content (AvgIpc) is 2.18. The Bertz CT molecular complexity index is 314. The number of benzene rings is 1. The van der Waals surface area contributed by atoms with Gasteiger partial charge in [0.25, 0.3) is 0 Å². The molecule has 1 unspecified atom stereocenters. The van der Waals surface area contributed by atoms with Crippen molar-refractivity contribution in [2.75, 3.05) is 24.5 Å². The summed E-state index contributed by atoms with van der Waals surface area (Å²) >= 11 is 3.50. The van der Waals surface area contributed by atoms with Crippen molar-refractivity contribution in [1.29, 1.82) is 0 Å². The molecule has 1 N–H and O–H groups in total. The van der Waals surface area contributed by atoms with Gasteiger partial charge in [-0.15, -0.1) is 0 Å². The lowest BCUT2D eigenvalue weighted by atomic mass is 10.2. The second-order valence-electron chi connectivity index (χ2n) is 3.78. The summed E-state index contributed by atoms with van der Waals surface area (Å²) in [5, 5.41) is 3.44. The molecule has 1 fully saturated rings. The fourth-order valence-corrected chi connectivity index (χ4v) is 2.23. The summed E-state index contributed by atoms with van der Waals surface area (Å²) in [6.07, 6.45) is 0. The number of anilines is 1. The summed E-state index contributed by atoms with van der Waals surface area (Å²) in [5.41, 5.74) is 1.31. The van der Waals surface area contributed by atoms with Gasteiger partial charge in [-0.2, -0.15) is 0 Å². The van der Waals surface area contributed by atoms with Crippen LogP contribution in [0.25, 0.3) is 0 Å². The number of nitrogens with one attached hydrogen (secondary N) is 1. The van der Waals surface area contributed by atoms with Gasteiger partial charge in [0, 0.05) is 35.8 Å². The van der Waals surface area contributed by atoms with E-state index < -0.39 is 0 Å². The van der Waals surface area contributed by atoms with Crippen molar-refractivity contribution in [3.63, 3.8) is 0 Å². The number of piperazine rings is 1. The fraction of sp³-hybridized carbons (Fsp3) is 0.455. The first kappa shape index (κ1) is 9.99. The third-order valence-electron chi connectivity index (χ3n) is 2.54. The van der Waals surface area contributed by atoms with Gasteiger partial charge in [0.2, 0.25) is 0 Å². The largest absolute Gasteiger partial charge is 0.369 e. The molecule has 0 aliphatic carbocycles. The standard InChI is InChI=1S/C11H15BrN2/c1-9-8-14(6-5-13-9)11-4-2-3-10(12)7-11/h2-4,7,9,13H,5-6,8H2,1H3. The van der Waals surface area contributed by atoms with E-state index >= 15 is 0 Å². The van der Waals surface area contributed by atoms with Crippen molar-refractivity contribution < 1.29 is 0 Å². The fourth-order valence-electron chi connectivity index (χ4n) is 1.84. The molecule has 0 bridgehead atoms. The predicted molar refractivity (Wildman–Crippen MR) is 63.8 cm³/mol. The highest BCUT2D eigenvalue weighted by Crippen LogP contribution is 2.20. The Labute approximate surface area is 93.4 Å². The monoisotopic (exact) mass is 254 g/mol. The highest BCUT2D eigenvalue weighted by atomic mass is 79.9. The maximum atomic E-state index is 3.50. The molecule has 1 atom stereocenters. The summed E-state index contributed by atoms with van der Waals surface area (Å²) in [6.45, 7) is 5.50. The highest BCUT2D eigenvalue weighted by molar-refractivity contribution is 9.10. The van der Waals surface area contributed by atoms with Crippen LogP contribution in [-0.4, -0.2) is 25.7 Å². The number of halogens is 1. The van der Waals surface area contributed by atoms with E-state index in [1.807, 2.05) is 0 Å². The number of rotatable bonds is 1. The van der Waals surface area contributed by atoms with Crippen molar-refractivity contribution in [3.05, 3.63) is 28.7 Å². The Morgan fingerprint density at radius 3 is 3.07 bits per heavy atom. The third-order valence-corrected chi connectivity index (χ3v) is 3.04. The molecule has 0 aromatic heterocycles. The number of nitrogens with zero attached hydrogens (tertiary/aromatic N) is 1. The molecule has 76 valence electrons. The predicted octanol–water partition coefficient (Wildman–Crippen LogP) is 2.25. The van der Waals surface area contributed by atoms with Crippen LogP contribution in [0.2, 0.25) is 0 Å². The summed E-state index contributed by atoms with van der Waals surface area (Å²) in [4.78, 5) is 2.42. The van der Waals surface area contributed by atoms with E-state index in [0.717, 1.165) is 24.1 Å². The molecule has 1 aliphatic rings. The van der Waals surface area contributed by atoms with Gasteiger partial charge in [0.05, 0.1) is 0 Å². The second-order valence-corrected chi connectivity index (χ2v) is 4.70. The zero-order valence-electron chi connectivity index (χ0n) is 8.33. The number of hydrogen-bond donors (Lipinski definition) is 1. The summed E-state index contributed by atoms with van der Waals surface area (Å²) in [7, 11) is 0. The van der Waals surface area contributed by atoms with Crippen LogP contribution in [0.15, 0.2) is 28.7 Å². The van der Waals surface area contributed by atoms with Crippen LogP contribution in [-0.2, 0) is 0 Å². The van der Waals surface area contributed by atoms with Gasteiger partial charge in [0.1, 0.15) is 0 Å². The minimum atomic E-state index is 0.586. The molecule has 0 radical (unpaired) electrons. The molecule has 2 nitrogen and oxygen atoms in total. The minimum Gasteiger partial charge on any atom is -0.369 e. The molecular weight excluding hydrogens is 240 g/mol. The lowest BCUT2D eigenvalue weighted by molar-refractivity contribution is 0.485. The molecule has 3 heteroatoms. The molecule has 0 saturated carbocycles. The minimum absolute atomic E-state index is 0.586. The van der Waals surface area contributed by atoms with Crippen LogP contribution in [0.5, 0.6) is 0 Å². The van der Waals surface area contributed by atoms with E-state index in [0.29, 0.717) is 6.04 Å². The summed E-state index contributed by atoms with van der Waals surface area (Å²) in [6, 6.07) is 9.09. The first-order valence-corrected chi connectivity index (χ1v) is 5.79. The quantitative estimate of drug-likeness (QED) is 0.828. The first-order chi connectivity index (χ1) is 6.75. The molecule has 1 aromatic rings. The van der Waals surface area contributed by atoms with Gasteiger partial charge in [0.15, 0.2) is 0 Å². The van der Waals surface area contributed by atoms with Gasteiger partial charge < -0.3 is 10.2 Å². The molecule has 1 heterocycles. The van der Waals surface area contributed by atoms with E-state index in [1.54, 1.807) is 0 Å². The second kappa shape index (κ2) is 4.32. The summed E-state index contributed by atoms with van der Waals surface area (Å²) in [5.74, 6) is 0. The zero-order chi connectivity index (χ0) is 9.97. The van der Waals surface area contributed by atoms with E-state index in [9.17, 15) is 0 Å². The normalized spacial score (nSPS) is 22.4. The van der Waals surface area contributed by atoms with Gasteiger partial charge in [-0.25, -0.2) is 0 Å². The Morgan fingerprint density at radius 1 is 1.50 bits per heavy atom. The maximum absolute atomic E-state index is 3.50. The lowest BCUT2D eigenvalue weighted by Crippen LogP contribution is -2.49. The van der Waals surface area contributed by atoms with E-state index in [-0.39, 0.29) is 0 Å². The topological polar surface area (TPSA) is 15.3 Å². The van der Waals surface area contributed by atoms with Crippen LogP contribution in [0.4, 0.5) is 5.69 Å². The van der Waals surface area contributed by atoms with Crippen molar-refractivity contribution in [1.82, 2.24) is 5.32 Å². The first-order valence-electron chi connectivity index (χ1n) is 4.99. The Hall–Kier alpha value is -0.540. The third kappa shape index (κ3) is 2.28. The van der Waals surface area contributed by atoms with Crippen molar-refractivity contribution in [2.45, 2.75) is 13.0 Å². The van der Waals surface area contributed by atoms with Gasteiger partial charge in [-0.1, -0.05) is 22.0 Å². The van der Waals surface area contributed by atoms with Crippen molar-refractivity contribution in [3.8, 4) is 0 Å². The molecule has 0 spiro atoms.